The Hall–Kier alpha value is -1.01. The molecule has 1 aromatic carbocycles. The molecule has 84 valence electrons. The number of hydrogen-bond acceptors (Lipinski definition) is 2. The normalized spacial score (nSPS) is 18.8. The number of fused-ring (bicyclic) bond motifs is 1. The second kappa shape index (κ2) is 3.78. The second-order valence-electron chi connectivity index (χ2n) is 4.82. The highest BCUT2D eigenvalue weighted by molar-refractivity contribution is 9.10. The van der Waals surface area contributed by atoms with E-state index in [-0.39, 0.29) is 6.10 Å². The van der Waals surface area contributed by atoms with Crippen LogP contribution in [0.25, 0.3) is 0 Å². The first-order valence-electron chi connectivity index (χ1n) is 5.35. The van der Waals surface area contributed by atoms with Crippen LogP contribution in [0.3, 0.4) is 0 Å². The average molecular weight is 280 g/mol. The van der Waals surface area contributed by atoms with Gasteiger partial charge in [0.15, 0.2) is 0 Å². The molecular formula is C13H14BrNO. The number of halogens is 1. The molecule has 1 aromatic rings. The van der Waals surface area contributed by atoms with Crippen LogP contribution in [0.15, 0.2) is 16.6 Å². The first-order valence-corrected chi connectivity index (χ1v) is 6.14. The molecule has 0 bridgehead atoms. The molecule has 2 rings (SSSR count). The van der Waals surface area contributed by atoms with Crippen molar-refractivity contribution in [1.29, 1.82) is 5.26 Å². The molecule has 0 saturated carbocycles. The zero-order chi connectivity index (χ0) is 11.9. The average Bonchev–Trinajstić information content (AvgIpc) is 2.59. The topological polar surface area (TPSA) is 33.0 Å². The lowest BCUT2D eigenvalue weighted by Crippen LogP contribution is -2.14. The van der Waals surface area contributed by atoms with Crippen molar-refractivity contribution >= 4 is 15.9 Å². The van der Waals surface area contributed by atoms with E-state index in [9.17, 15) is 0 Å². The van der Waals surface area contributed by atoms with Gasteiger partial charge in [-0.1, -0.05) is 6.07 Å². The molecule has 1 heterocycles. The third-order valence-corrected chi connectivity index (χ3v) is 3.54. The third kappa shape index (κ3) is 1.82. The molecule has 3 heteroatoms. The van der Waals surface area contributed by atoms with Gasteiger partial charge in [0.2, 0.25) is 0 Å². The first kappa shape index (κ1) is 11.5. The van der Waals surface area contributed by atoms with Crippen molar-refractivity contribution < 1.29 is 4.74 Å². The van der Waals surface area contributed by atoms with Crippen LogP contribution in [0, 0.1) is 11.3 Å². The zero-order valence-corrected chi connectivity index (χ0v) is 11.3. The number of ether oxygens (including phenoxy) is 1. The fourth-order valence-corrected chi connectivity index (χ4v) is 2.51. The lowest BCUT2D eigenvalue weighted by atomic mass is 9.85. The van der Waals surface area contributed by atoms with E-state index in [1.165, 1.54) is 5.56 Å². The molecule has 2 nitrogen and oxygen atoms in total. The number of benzene rings is 1. The van der Waals surface area contributed by atoms with Gasteiger partial charge in [-0.15, -0.1) is 0 Å². The van der Waals surface area contributed by atoms with E-state index in [0.29, 0.717) is 0 Å². The lowest BCUT2D eigenvalue weighted by molar-refractivity contribution is 0.253. The van der Waals surface area contributed by atoms with Crippen molar-refractivity contribution in [2.45, 2.75) is 38.7 Å². The third-order valence-electron chi connectivity index (χ3n) is 2.95. The van der Waals surface area contributed by atoms with Crippen LogP contribution in [0.4, 0.5) is 0 Å². The largest absolute Gasteiger partial charge is 0.489 e. The molecule has 0 aliphatic carbocycles. The van der Waals surface area contributed by atoms with Gasteiger partial charge in [-0.25, -0.2) is 0 Å². The summed E-state index contributed by atoms with van der Waals surface area (Å²) in [7, 11) is 0. The minimum atomic E-state index is -0.455. The van der Waals surface area contributed by atoms with Gasteiger partial charge >= 0.3 is 0 Å². The highest BCUT2D eigenvalue weighted by atomic mass is 79.9. The summed E-state index contributed by atoms with van der Waals surface area (Å²) in [6.45, 7) is 5.92. The van der Waals surface area contributed by atoms with Gasteiger partial charge in [0, 0.05) is 6.42 Å². The van der Waals surface area contributed by atoms with E-state index in [1.54, 1.807) is 0 Å². The zero-order valence-electron chi connectivity index (χ0n) is 9.67. The SMILES string of the molecule is CC1Cc2cc(C(C)(C)C#N)cc(Br)c2O1. The molecule has 0 amide bonds. The summed E-state index contributed by atoms with van der Waals surface area (Å²) in [5.74, 6) is 0.935. The fourth-order valence-electron chi connectivity index (χ4n) is 1.91. The van der Waals surface area contributed by atoms with Gasteiger partial charge in [-0.05, 0) is 53.9 Å². The van der Waals surface area contributed by atoms with E-state index in [0.717, 1.165) is 22.2 Å². The minimum Gasteiger partial charge on any atom is -0.489 e. The Morgan fingerprint density at radius 2 is 2.19 bits per heavy atom. The number of hydrogen-bond donors (Lipinski definition) is 0. The predicted molar refractivity (Wildman–Crippen MR) is 66.6 cm³/mol. The Bertz CT molecular complexity index is 474. The summed E-state index contributed by atoms with van der Waals surface area (Å²) in [5.41, 5.74) is 1.78. The summed E-state index contributed by atoms with van der Waals surface area (Å²) >= 11 is 3.51. The van der Waals surface area contributed by atoms with Crippen LogP contribution in [-0.4, -0.2) is 6.10 Å². The van der Waals surface area contributed by atoms with Gasteiger partial charge in [0.05, 0.1) is 16.0 Å². The van der Waals surface area contributed by atoms with Gasteiger partial charge in [0.25, 0.3) is 0 Å². The van der Waals surface area contributed by atoms with Crippen molar-refractivity contribution in [3.8, 4) is 11.8 Å². The Morgan fingerprint density at radius 1 is 1.50 bits per heavy atom. The van der Waals surface area contributed by atoms with Crippen molar-refractivity contribution in [2.24, 2.45) is 0 Å². The maximum Gasteiger partial charge on any atom is 0.137 e. The fraction of sp³-hybridized carbons (Fsp3) is 0.462. The molecule has 16 heavy (non-hydrogen) atoms. The molecule has 1 aliphatic rings. The van der Waals surface area contributed by atoms with Crippen molar-refractivity contribution in [2.75, 3.05) is 0 Å². The van der Waals surface area contributed by atoms with Crippen LogP contribution in [-0.2, 0) is 11.8 Å². The smallest absolute Gasteiger partial charge is 0.137 e. The van der Waals surface area contributed by atoms with Crippen molar-refractivity contribution in [3.63, 3.8) is 0 Å². The highest BCUT2D eigenvalue weighted by Crippen LogP contribution is 2.39. The second-order valence-corrected chi connectivity index (χ2v) is 5.67. The molecule has 1 atom stereocenters. The van der Waals surface area contributed by atoms with Crippen LogP contribution >= 0.6 is 15.9 Å². The van der Waals surface area contributed by atoms with Crippen molar-refractivity contribution in [1.82, 2.24) is 0 Å². The molecule has 0 spiro atoms. The monoisotopic (exact) mass is 279 g/mol. The van der Waals surface area contributed by atoms with Gasteiger partial charge < -0.3 is 4.74 Å². The molecule has 0 aromatic heterocycles. The Kier molecular flexibility index (Phi) is 2.71. The first-order chi connectivity index (χ1) is 7.44. The van der Waals surface area contributed by atoms with Crippen LogP contribution in [0.2, 0.25) is 0 Å². The summed E-state index contributed by atoms with van der Waals surface area (Å²) in [4.78, 5) is 0. The van der Waals surface area contributed by atoms with Crippen molar-refractivity contribution in [3.05, 3.63) is 27.7 Å². The number of nitrogens with zero attached hydrogens (tertiary/aromatic N) is 1. The van der Waals surface area contributed by atoms with E-state index < -0.39 is 5.41 Å². The summed E-state index contributed by atoms with van der Waals surface area (Å²) in [6, 6.07) is 6.40. The van der Waals surface area contributed by atoms with Crippen LogP contribution < -0.4 is 4.74 Å². The van der Waals surface area contributed by atoms with Gasteiger partial charge in [0.1, 0.15) is 11.9 Å². The highest BCUT2D eigenvalue weighted by Gasteiger charge is 2.27. The predicted octanol–water partition coefficient (Wildman–Crippen LogP) is 3.57. The number of rotatable bonds is 1. The Morgan fingerprint density at radius 3 is 2.81 bits per heavy atom. The maximum atomic E-state index is 9.14. The summed E-state index contributed by atoms with van der Waals surface area (Å²) in [5, 5.41) is 9.14. The maximum absolute atomic E-state index is 9.14. The number of nitriles is 1. The van der Waals surface area contributed by atoms with E-state index in [1.807, 2.05) is 19.9 Å². The molecule has 1 aliphatic heterocycles. The molecule has 0 fully saturated rings. The molecule has 0 N–H and O–H groups in total. The van der Waals surface area contributed by atoms with Crippen LogP contribution in [0.1, 0.15) is 31.9 Å². The lowest BCUT2D eigenvalue weighted by Gasteiger charge is -2.17. The van der Waals surface area contributed by atoms with E-state index >= 15 is 0 Å². The molecule has 0 radical (unpaired) electrons. The Balaban J connectivity index is 2.51. The van der Waals surface area contributed by atoms with E-state index in [2.05, 4.69) is 35.0 Å². The standard InChI is InChI=1S/C13H14BrNO/c1-8-4-9-5-10(13(2,3)7-15)6-11(14)12(9)16-8/h5-6,8H,4H2,1-3H3. The van der Waals surface area contributed by atoms with Gasteiger partial charge in [-0.3, -0.25) is 0 Å². The quantitative estimate of drug-likeness (QED) is 0.787. The summed E-state index contributed by atoms with van der Waals surface area (Å²) in [6.07, 6.45) is 1.15. The molecule has 1 unspecified atom stereocenters. The Labute approximate surface area is 104 Å². The van der Waals surface area contributed by atoms with E-state index in [4.69, 9.17) is 10.00 Å². The molecular weight excluding hydrogens is 266 g/mol. The minimum absolute atomic E-state index is 0.228. The van der Waals surface area contributed by atoms with Gasteiger partial charge in [-0.2, -0.15) is 5.26 Å². The summed E-state index contributed by atoms with van der Waals surface area (Å²) < 4.78 is 6.66. The van der Waals surface area contributed by atoms with Crippen LogP contribution in [0.5, 0.6) is 5.75 Å². The molecule has 0 saturated heterocycles.